The number of likely N-dealkylation sites (N-methyl/N-ethyl adjacent to an activating group) is 1. The number of amides is 3. The van der Waals surface area contributed by atoms with Crippen LogP contribution in [0.15, 0.2) is 48.7 Å². The van der Waals surface area contributed by atoms with E-state index in [9.17, 15) is 22.8 Å². The van der Waals surface area contributed by atoms with Crippen molar-refractivity contribution in [3.8, 4) is 17.2 Å². The summed E-state index contributed by atoms with van der Waals surface area (Å²) < 4.78 is 51.4. The first-order valence-corrected chi connectivity index (χ1v) is 12.1. The summed E-state index contributed by atoms with van der Waals surface area (Å²) in [5.74, 6) is 0.612. The van der Waals surface area contributed by atoms with E-state index in [4.69, 9.17) is 21.1 Å². The van der Waals surface area contributed by atoms with Crippen LogP contribution in [0.25, 0.3) is 0 Å². The molecule has 0 aliphatic rings. The van der Waals surface area contributed by atoms with Gasteiger partial charge in [-0.25, -0.2) is 4.79 Å². The van der Waals surface area contributed by atoms with Crippen molar-refractivity contribution in [1.29, 1.82) is 0 Å². The first-order chi connectivity index (χ1) is 18.5. The van der Waals surface area contributed by atoms with Crippen molar-refractivity contribution < 1.29 is 32.2 Å². The largest absolute Gasteiger partial charge is 0.490 e. The van der Waals surface area contributed by atoms with E-state index in [2.05, 4.69) is 26.3 Å². The number of carbonyl (C=O) groups excluding carboxylic acids is 2. The van der Waals surface area contributed by atoms with E-state index in [1.807, 2.05) is 0 Å². The van der Waals surface area contributed by atoms with Gasteiger partial charge in [-0.2, -0.15) is 13.2 Å². The van der Waals surface area contributed by atoms with E-state index in [1.54, 1.807) is 38.2 Å². The quantitative estimate of drug-likeness (QED) is 0.253. The molecule has 1 heterocycles. The van der Waals surface area contributed by atoms with E-state index >= 15 is 0 Å². The summed E-state index contributed by atoms with van der Waals surface area (Å²) in [6.07, 6.45) is -3.25. The fourth-order valence-electron chi connectivity index (χ4n) is 3.39. The number of pyridine rings is 1. The van der Waals surface area contributed by atoms with Gasteiger partial charge in [-0.05, 0) is 43.3 Å². The number of halogens is 4. The van der Waals surface area contributed by atoms with Gasteiger partial charge in [-0.15, -0.1) is 0 Å². The van der Waals surface area contributed by atoms with Crippen LogP contribution in [0.4, 0.5) is 23.7 Å². The summed E-state index contributed by atoms with van der Waals surface area (Å²) in [6.45, 7) is 2.47. The smallest absolute Gasteiger partial charge is 0.417 e. The Labute approximate surface area is 228 Å². The molecule has 0 radical (unpaired) electrons. The number of nitrogens with zero attached hydrogens (tertiary/aromatic N) is 1. The first-order valence-electron chi connectivity index (χ1n) is 11.7. The molecule has 208 valence electrons. The van der Waals surface area contributed by atoms with E-state index in [-0.39, 0.29) is 36.2 Å². The molecular weight excluding hydrogens is 539 g/mol. The Hall–Kier alpha value is -4.03. The minimum atomic E-state index is -4.71. The molecule has 0 saturated heterocycles. The van der Waals surface area contributed by atoms with Crippen LogP contribution in [0.5, 0.6) is 17.2 Å². The molecule has 39 heavy (non-hydrogen) atoms. The van der Waals surface area contributed by atoms with E-state index in [1.165, 1.54) is 19.3 Å². The van der Waals surface area contributed by atoms with Crippen LogP contribution in [-0.2, 0) is 12.7 Å². The lowest BCUT2D eigenvalue weighted by molar-refractivity contribution is -0.137. The molecular formula is C26H27ClF3N5O4. The highest BCUT2D eigenvalue weighted by Crippen LogP contribution is 2.40. The van der Waals surface area contributed by atoms with Crippen molar-refractivity contribution in [2.24, 2.45) is 0 Å². The number of hydrogen-bond acceptors (Lipinski definition) is 6. The summed E-state index contributed by atoms with van der Waals surface area (Å²) in [5.41, 5.74) is 0.407. The molecule has 4 N–H and O–H groups in total. The molecule has 3 amide bonds. The minimum Gasteiger partial charge on any atom is -0.490 e. The van der Waals surface area contributed by atoms with Crippen molar-refractivity contribution >= 4 is 29.2 Å². The van der Waals surface area contributed by atoms with Crippen LogP contribution in [0.1, 0.15) is 27.2 Å². The maximum Gasteiger partial charge on any atom is 0.417 e. The van der Waals surface area contributed by atoms with Gasteiger partial charge in [0.1, 0.15) is 29.5 Å². The molecule has 0 fully saturated rings. The molecule has 0 saturated carbocycles. The van der Waals surface area contributed by atoms with Gasteiger partial charge in [0.05, 0.1) is 16.3 Å². The zero-order chi connectivity index (χ0) is 28.6. The SMILES string of the molecule is CNCCOc1cc(Cl)c(C(F)(F)F)cc1NC(=O)NCc1ccc(Oc2ccnc(C(=O)NC)c2)c(C)c1. The van der Waals surface area contributed by atoms with Crippen molar-refractivity contribution in [3.05, 3.63) is 76.1 Å². The highest BCUT2D eigenvalue weighted by atomic mass is 35.5. The number of carbonyl (C=O) groups is 2. The van der Waals surface area contributed by atoms with Crippen LogP contribution in [0, 0.1) is 6.92 Å². The number of aryl methyl sites for hydroxylation is 1. The maximum absolute atomic E-state index is 13.4. The lowest BCUT2D eigenvalue weighted by atomic mass is 10.1. The van der Waals surface area contributed by atoms with Crippen molar-refractivity contribution in [1.82, 2.24) is 20.9 Å². The molecule has 13 heteroatoms. The first kappa shape index (κ1) is 29.5. The number of urea groups is 1. The summed E-state index contributed by atoms with van der Waals surface area (Å²) in [4.78, 5) is 28.3. The van der Waals surface area contributed by atoms with Gasteiger partial charge < -0.3 is 30.7 Å². The Balaban J connectivity index is 1.68. The van der Waals surface area contributed by atoms with E-state index in [0.29, 0.717) is 23.6 Å². The second kappa shape index (κ2) is 13.2. The van der Waals surface area contributed by atoms with Gasteiger partial charge in [0.15, 0.2) is 0 Å². The lowest BCUT2D eigenvalue weighted by Crippen LogP contribution is -2.28. The van der Waals surface area contributed by atoms with Crippen LogP contribution in [0.2, 0.25) is 5.02 Å². The number of rotatable bonds is 10. The van der Waals surface area contributed by atoms with Crippen molar-refractivity contribution in [2.75, 3.05) is 32.6 Å². The Morgan fingerprint density at radius 2 is 1.82 bits per heavy atom. The molecule has 3 rings (SSSR count). The third-order valence-electron chi connectivity index (χ3n) is 5.34. The standard InChI is InChI=1S/C26H27ClF3N5O4/c1-15-10-16(4-5-22(15)39-17-6-7-33-21(11-17)24(36)32-3)14-34-25(37)35-20-12-18(26(28,29)30)19(27)13-23(20)38-9-8-31-2/h4-7,10-13,31H,8-9,14H2,1-3H3,(H,32,36)(H2,34,35,37). The fourth-order valence-corrected chi connectivity index (χ4v) is 3.65. The number of aromatic nitrogens is 1. The third-order valence-corrected chi connectivity index (χ3v) is 5.66. The minimum absolute atomic E-state index is 0.00596. The monoisotopic (exact) mass is 565 g/mol. The highest BCUT2D eigenvalue weighted by Gasteiger charge is 2.34. The molecule has 3 aromatic rings. The number of nitrogens with one attached hydrogen (secondary N) is 4. The summed E-state index contributed by atoms with van der Waals surface area (Å²) in [6, 6.07) is 9.36. The Morgan fingerprint density at radius 3 is 2.49 bits per heavy atom. The molecule has 0 bridgehead atoms. The number of ether oxygens (including phenoxy) is 2. The van der Waals surface area contributed by atoms with E-state index < -0.39 is 22.8 Å². The highest BCUT2D eigenvalue weighted by molar-refractivity contribution is 6.31. The topological polar surface area (TPSA) is 114 Å². The predicted octanol–water partition coefficient (Wildman–Crippen LogP) is 5.13. The molecule has 0 spiro atoms. The molecule has 0 atom stereocenters. The van der Waals surface area contributed by atoms with Crippen molar-refractivity contribution in [3.63, 3.8) is 0 Å². The molecule has 1 aromatic heterocycles. The van der Waals surface area contributed by atoms with Gasteiger partial charge >= 0.3 is 12.2 Å². The normalized spacial score (nSPS) is 11.1. The number of alkyl halides is 3. The zero-order valence-electron chi connectivity index (χ0n) is 21.3. The molecule has 9 nitrogen and oxygen atoms in total. The predicted molar refractivity (Wildman–Crippen MR) is 141 cm³/mol. The lowest BCUT2D eigenvalue weighted by Gasteiger charge is -2.17. The molecule has 0 aliphatic heterocycles. The second-order valence-corrected chi connectivity index (χ2v) is 8.65. The third kappa shape index (κ3) is 8.23. The van der Waals surface area contributed by atoms with Crippen LogP contribution in [0.3, 0.4) is 0 Å². The summed E-state index contributed by atoms with van der Waals surface area (Å²) in [7, 11) is 3.19. The van der Waals surface area contributed by atoms with Gasteiger partial charge in [0.2, 0.25) is 0 Å². The van der Waals surface area contributed by atoms with Crippen LogP contribution < -0.4 is 30.7 Å². The number of benzene rings is 2. The Morgan fingerprint density at radius 1 is 1.05 bits per heavy atom. The Kier molecular flexibility index (Phi) is 9.96. The average molecular weight is 566 g/mol. The second-order valence-electron chi connectivity index (χ2n) is 8.24. The molecule has 0 unspecified atom stereocenters. The zero-order valence-corrected chi connectivity index (χ0v) is 22.1. The molecule has 2 aromatic carbocycles. The number of hydrogen-bond donors (Lipinski definition) is 4. The Bertz CT molecular complexity index is 1340. The molecule has 0 aliphatic carbocycles. The van der Waals surface area contributed by atoms with Crippen LogP contribution in [-0.4, -0.2) is 44.2 Å². The van der Waals surface area contributed by atoms with Crippen LogP contribution >= 0.6 is 11.6 Å². The summed E-state index contributed by atoms with van der Waals surface area (Å²) in [5, 5.41) is 9.83. The van der Waals surface area contributed by atoms with E-state index in [0.717, 1.165) is 17.7 Å². The van der Waals surface area contributed by atoms with Gasteiger partial charge in [0, 0.05) is 38.5 Å². The summed E-state index contributed by atoms with van der Waals surface area (Å²) >= 11 is 5.81. The van der Waals surface area contributed by atoms with Gasteiger partial charge in [-0.1, -0.05) is 23.7 Å². The van der Waals surface area contributed by atoms with Crippen molar-refractivity contribution in [2.45, 2.75) is 19.6 Å². The van der Waals surface area contributed by atoms with Gasteiger partial charge in [0.25, 0.3) is 5.91 Å². The average Bonchev–Trinajstić information content (AvgIpc) is 2.89. The van der Waals surface area contributed by atoms with Gasteiger partial charge in [-0.3, -0.25) is 9.78 Å². The maximum atomic E-state index is 13.4. The fraction of sp³-hybridized carbons (Fsp3) is 0.269. The number of anilines is 1.